The Hall–Kier alpha value is -1.82. The lowest BCUT2D eigenvalue weighted by Gasteiger charge is -2.29. The highest BCUT2D eigenvalue weighted by Crippen LogP contribution is 2.41. The van der Waals surface area contributed by atoms with Gasteiger partial charge < -0.3 is 0 Å². The van der Waals surface area contributed by atoms with E-state index in [0.717, 1.165) is 5.92 Å². The molecule has 20 heavy (non-hydrogen) atoms. The molecule has 0 saturated carbocycles. The molecule has 0 radical (unpaired) electrons. The van der Waals surface area contributed by atoms with Crippen molar-refractivity contribution in [2.75, 3.05) is 0 Å². The first-order valence-electron chi connectivity index (χ1n) is 7.66. The molecule has 100 valence electrons. The molecule has 2 aliphatic rings. The smallest absolute Gasteiger partial charge is 0.0145 e. The summed E-state index contributed by atoms with van der Waals surface area (Å²) in [7, 11) is 0. The van der Waals surface area contributed by atoms with Crippen molar-refractivity contribution in [1.29, 1.82) is 0 Å². The lowest BCUT2D eigenvalue weighted by Crippen LogP contribution is -2.12. The maximum absolute atomic E-state index is 2.37. The van der Waals surface area contributed by atoms with E-state index in [1.807, 2.05) is 0 Å². The van der Waals surface area contributed by atoms with Crippen LogP contribution in [0.2, 0.25) is 0 Å². The lowest BCUT2D eigenvalue weighted by molar-refractivity contribution is 0.645. The quantitative estimate of drug-likeness (QED) is 0.591. The van der Waals surface area contributed by atoms with E-state index in [1.165, 1.54) is 46.7 Å². The first kappa shape index (κ1) is 12.0. The summed E-state index contributed by atoms with van der Waals surface area (Å²) in [5.74, 6) is 0.719. The van der Waals surface area contributed by atoms with Crippen molar-refractivity contribution in [2.45, 2.75) is 33.1 Å². The third kappa shape index (κ3) is 1.67. The zero-order valence-electron chi connectivity index (χ0n) is 12.2. The first-order chi connectivity index (χ1) is 9.74. The summed E-state index contributed by atoms with van der Waals surface area (Å²) in [5.41, 5.74) is 7.56. The molecular weight excluding hydrogens is 240 g/mol. The highest BCUT2D eigenvalue weighted by atomic mass is 14.3. The number of rotatable bonds is 0. The Bertz CT molecular complexity index is 759. The molecular formula is C20H20. The van der Waals surface area contributed by atoms with Gasteiger partial charge in [-0.1, -0.05) is 60.5 Å². The van der Waals surface area contributed by atoms with Crippen LogP contribution >= 0.6 is 0 Å². The van der Waals surface area contributed by atoms with E-state index >= 15 is 0 Å². The van der Waals surface area contributed by atoms with Crippen molar-refractivity contribution in [3.63, 3.8) is 0 Å². The normalized spacial score (nSPS) is 21.0. The largest absolute Gasteiger partial charge is 0.0833 e. The van der Waals surface area contributed by atoms with E-state index in [-0.39, 0.29) is 0 Å². The van der Waals surface area contributed by atoms with Gasteiger partial charge in [-0.2, -0.15) is 0 Å². The topological polar surface area (TPSA) is 0 Å². The molecule has 2 aliphatic carbocycles. The van der Waals surface area contributed by atoms with Crippen LogP contribution in [-0.4, -0.2) is 0 Å². The molecule has 0 nitrogen and oxygen atoms in total. The molecule has 0 aromatic heterocycles. The number of benzene rings is 2. The Balaban J connectivity index is 1.99. The van der Waals surface area contributed by atoms with E-state index in [4.69, 9.17) is 0 Å². The first-order valence-corrected chi connectivity index (χ1v) is 7.66. The van der Waals surface area contributed by atoms with Crippen molar-refractivity contribution in [2.24, 2.45) is 5.92 Å². The van der Waals surface area contributed by atoms with Crippen molar-refractivity contribution in [3.05, 3.63) is 64.7 Å². The Labute approximate surface area is 120 Å². The van der Waals surface area contributed by atoms with Crippen LogP contribution in [0.4, 0.5) is 0 Å². The number of hydrogen-bond donors (Lipinski definition) is 0. The zero-order chi connectivity index (χ0) is 13.7. The summed E-state index contributed by atoms with van der Waals surface area (Å²) in [5, 5.41) is 2.84. The van der Waals surface area contributed by atoms with Gasteiger partial charge in [0.05, 0.1) is 0 Å². The molecule has 0 heteroatoms. The molecule has 0 bridgehead atoms. The fourth-order valence-corrected chi connectivity index (χ4v) is 3.84. The standard InChI is InChI=1S/C20H20/c1-13-6-8-17-15(12-13)7-9-20-18-5-3-4-14(2)16(18)10-11-19(17)20/h3,5-9,12,14H,4,10-11H2,1-2H3. The van der Waals surface area contributed by atoms with Gasteiger partial charge in [-0.3, -0.25) is 0 Å². The summed E-state index contributed by atoms with van der Waals surface area (Å²) in [6, 6.07) is 11.5. The van der Waals surface area contributed by atoms with E-state index in [1.54, 1.807) is 11.1 Å². The fourth-order valence-electron chi connectivity index (χ4n) is 3.84. The summed E-state index contributed by atoms with van der Waals surface area (Å²) in [6.07, 6.45) is 8.35. The second-order valence-corrected chi connectivity index (χ2v) is 6.29. The van der Waals surface area contributed by atoms with Crippen LogP contribution in [-0.2, 0) is 6.42 Å². The van der Waals surface area contributed by atoms with Crippen LogP contribution in [0, 0.1) is 12.8 Å². The Morgan fingerprint density at radius 2 is 1.95 bits per heavy atom. The third-order valence-corrected chi connectivity index (χ3v) is 4.94. The second kappa shape index (κ2) is 4.34. The van der Waals surface area contributed by atoms with E-state index in [2.05, 4.69) is 56.3 Å². The lowest BCUT2D eigenvalue weighted by atomic mass is 9.76. The van der Waals surface area contributed by atoms with E-state index in [9.17, 15) is 0 Å². The number of allylic oxidation sites excluding steroid dienone is 4. The van der Waals surface area contributed by atoms with Crippen molar-refractivity contribution in [1.82, 2.24) is 0 Å². The summed E-state index contributed by atoms with van der Waals surface area (Å²) in [4.78, 5) is 0. The molecule has 0 aliphatic heterocycles. The highest BCUT2D eigenvalue weighted by molar-refractivity contribution is 5.94. The molecule has 1 atom stereocenters. The van der Waals surface area contributed by atoms with Crippen molar-refractivity contribution in [3.8, 4) is 0 Å². The molecule has 0 heterocycles. The van der Waals surface area contributed by atoms with Gasteiger partial charge in [0.15, 0.2) is 0 Å². The molecule has 0 saturated heterocycles. The minimum absolute atomic E-state index is 0.719. The Morgan fingerprint density at radius 1 is 1.05 bits per heavy atom. The Kier molecular flexibility index (Phi) is 2.60. The maximum Gasteiger partial charge on any atom is -0.0145 e. The minimum atomic E-state index is 0.719. The third-order valence-electron chi connectivity index (χ3n) is 4.94. The van der Waals surface area contributed by atoms with Crippen molar-refractivity contribution < 1.29 is 0 Å². The molecule has 2 aromatic rings. The van der Waals surface area contributed by atoms with Crippen LogP contribution < -0.4 is 0 Å². The average Bonchev–Trinajstić information content (AvgIpc) is 2.46. The SMILES string of the molecule is Cc1ccc2c3c(ccc2c1)C1=C(CC3)C(C)CC=C1. The van der Waals surface area contributed by atoms with Gasteiger partial charge in [-0.05, 0) is 59.6 Å². The number of fused-ring (bicyclic) bond motifs is 4. The second-order valence-electron chi connectivity index (χ2n) is 6.29. The van der Waals surface area contributed by atoms with Crippen LogP contribution in [0.5, 0.6) is 0 Å². The van der Waals surface area contributed by atoms with Gasteiger partial charge in [-0.15, -0.1) is 0 Å². The zero-order valence-corrected chi connectivity index (χ0v) is 12.2. The monoisotopic (exact) mass is 260 g/mol. The maximum atomic E-state index is 2.37. The van der Waals surface area contributed by atoms with Crippen molar-refractivity contribution >= 4 is 16.3 Å². The Morgan fingerprint density at radius 3 is 2.85 bits per heavy atom. The molecule has 4 rings (SSSR count). The molecule has 1 unspecified atom stereocenters. The fraction of sp³-hybridized carbons (Fsp3) is 0.300. The van der Waals surface area contributed by atoms with Gasteiger partial charge in [0.2, 0.25) is 0 Å². The summed E-state index contributed by atoms with van der Waals surface area (Å²) >= 11 is 0. The van der Waals surface area contributed by atoms with Gasteiger partial charge in [0.25, 0.3) is 0 Å². The summed E-state index contributed by atoms with van der Waals surface area (Å²) < 4.78 is 0. The molecule has 0 spiro atoms. The van der Waals surface area contributed by atoms with Crippen LogP contribution in [0.15, 0.2) is 48.1 Å². The van der Waals surface area contributed by atoms with E-state index in [0.29, 0.717) is 0 Å². The summed E-state index contributed by atoms with van der Waals surface area (Å²) in [6.45, 7) is 4.54. The van der Waals surface area contributed by atoms with Gasteiger partial charge in [-0.25, -0.2) is 0 Å². The van der Waals surface area contributed by atoms with Crippen LogP contribution in [0.3, 0.4) is 0 Å². The number of aryl methyl sites for hydroxylation is 2. The van der Waals surface area contributed by atoms with E-state index < -0.39 is 0 Å². The van der Waals surface area contributed by atoms with Gasteiger partial charge >= 0.3 is 0 Å². The molecule has 0 N–H and O–H groups in total. The minimum Gasteiger partial charge on any atom is -0.0833 e. The van der Waals surface area contributed by atoms with Gasteiger partial charge in [0, 0.05) is 0 Å². The van der Waals surface area contributed by atoms with Crippen LogP contribution in [0.25, 0.3) is 16.3 Å². The molecule has 0 fully saturated rings. The highest BCUT2D eigenvalue weighted by Gasteiger charge is 2.23. The average molecular weight is 260 g/mol. The predicted molar refractivity (Wildman–Crippen MR) is 86.8 cm³/mol. The molecule has 2 aromatic carbocycles. The predicted octanol–water partition coefficient (Wildman–Crippen LogP) is 5.44. The van der Waals surface area contributed by atoms with Gasteiger partial charge in [0.1, 0.15) is 0 Å². The van der Waals surface area contributed by atoms with Crippen LogP contribution in [0.1, 0.15) is 36.5 Å². The number of hydrogen-bond acceptors (Lipinski definition) is 0. The molecule has 0 amide bonds.